The lowest BCUT2D eigenvalue weighted by Crippen LogP contribution is -2.14. The van der Waals surface area contributed by atoms with Gasteiger partial charge in [0.15, 0.2) is 0 Å². The topological polar surface area (TPSA) is 89.1 Å². The molecular weight excluding hydrogens is 200 g/mol. The molecule has 0 aliphatic heterocycles. The maximum Gasteiger partial charge on any atom is 0.337 e. The van der Waals surface area contributed by atoms with Gasteiger partial charge in [-0.2, -0.15) is 4.98 Å². The van der Waals surface area contributed by atoms with Crippen molar-refractivity contribution in [1.82, 2.24) is 15.2 Å². The van der Waals surface area contributed by atoms with Crippen LogP contribution in [0.15, 0.2) is 0 Å². The first-order valence-corrected chi connectivity index (χ1v) is 4.60. The third-order valence-corrected chi connectivity index (χ3v) is 1.53. The van der Waals surface area contributed by atoms with Crippen LogP contribution in [0.5, 0.6) is 6.01 Å². The van der Waals surface area contributed by atoms with E-state index in [2.05, 4.69) is 20.5 Å². The lowest BCUT2D eigenvalue weighted by Gasteiger charge is -1.99. The number of rotatable bonds is 6. The normalized spacial score (nSPS) is 10.0. The van der Waals surface area contributed by atoms with Crippen molar-refractivity contribution in [1.29, 1.82) is 0 Å². The summed E-state index contributed by atoms with van der Waals surface area (Å²) in [5.41, 5.74) is 0. The van der Waals surface area contributed by atoms with Crippen LogP contribution in [0.1, 0.15) is 13.3 Å². The molecule has 1 heterocycles. The van der Waals surface area contributed by atoms with E-state index < -0.39 is 0 Å². The summed E-state index contributed by atoms with van der Waals surface area (Å²) in [4.78, 5) is 15.1. The first kappa shape index (κ1) is 11.4. The van der Waals surface area contributed by atoms with Crippen molar-refractivity contribution in [3.8, 4) is 6.01 Å². The molecule has 0 aliphatic carbocycles. The average molecular weight is 214 g/mol. The van der Waals surface area contributed by atoms with Crippen LogP contribution in [0.2, 0.25) is 0 Å². The van der Waals surface area contributed by atoms with E-state index in [1.165, 1.54) is 7.11 Å². The Labute approximate surface area is 87.2 Å². The first-order chi connectivity index (χ1) is 7.26. The molecule has 0 spiro atoms. The Kier molecular flexibility index (Phi) is 4.55. The Morgan fingerprint density at radius 1 is 1.60 bits per heavy atom. The molecule has 15 heavy (non-hydrogen) atoms. The summed E-state index contributed by atoms with van der Waals surface area (Å²) in [6.45, 7) is 2.68. The van der Waals surface area contributed by atoms with E-state index in [0.717, 1.165) is 0 Å². The number of carbonyl (C=O) groups is 1. The molecule has 1 aromatic heterocycles. The van der Waals surface area contributed by atoms with Gasteiger partial charge in [0, 0.05) is 7.11 Å². The van der Waals surface area contributed by atoms with Crippen molar-refractivity contribution in [2.45, 2.75) is 13.3 Å². The maximum absolute atomic E-state index is 11.2. The Hall–Kier alpha value is -1.63. The van der Waals surface area contributed by atoms with Crippen LogP contribution in [-0.2, 0) is 9.53 Å². The number of ether oxygens (including phenoxy) is 2. The molecule has 7 nitrogen and oxygen atoms in total. The molecule has 0 aromatic carbocycles. The number of hydrogen-bond donors (Lipinski definition) is 2. The number of nitrogens with one attached hydrogen (secondary N) is 2. The number of aromatic amines is 1. The van der Waals surface area contributed by atoms with E-state index in [-0.39, 0.29) is 24.3 Å². The highest BCUT2D eigenvalue weighted by Crippen LogP contribution is 2.05. The summed E-state index contributed by atoms with van der Waals surface area (Å²) in [5.74, 6) is 0.0931. The third-order valence-electron chi connectivity index (χ3n) is 1.53. The number of nitrogens with zero attached hydrogens (tertiary/aromatic N) is 2. The summed E-state index contributed by atoms with van der Waals surface area (Å²) in [6, 6.07) is 0.222. The maximum atomic E-state index is 11.2. The SMILES string of the molecule is CCOc1n[nH]c(NC(=O)CCOC)n1. The van der Waals surface area contributed by atoms with Crippen molar-refractivity contribution in [2.75, 3.05) is 25.6 Å². The summed E-state index contributed by atoms with van der Waals surface area (Å²) >= 11 is 0. The van der Waals surface area contributed by atoms with Gasteiger partial charge >= 0.3 is 6.01 Å². The smallest absolute Gasteiger partial charge is 0.337 e. The number of amides is 1. The van der Waals surface area contributed by atoms with Crippen molar-refractivity contribution in [3.05, 3.63) is 0 Å². The van der Waals surface area contributed by atoms with Gasteiger partial charge in [-0.25, -0.2) is 5.10 Å². The van der Waals surface area contributed by atoms with Crippen LogP contribution in [0.4, 0.5) is 5.95 Å². The average Bonchev–Trinajstić information content (AvgIpc) is 2.63. The Morgan fingerprint density at radius 2 is 2.40 bits per heavy atom. The molecule has 7 heteroatoms. The fraction of sp³-hybridized carbons (Fsp3) is 0.625. The molecule has 1 rings (SSSR count). The van der Waals surface area contributed by atoms with Crippen molar-refractivity contribution in [2.24, 2.45) is 0 Å². The van der Waals surface area contributed by atoms with Crippen LogP contribution in [0.25, 0.3) is 0 Å². The highest BCUT2D eigenvalue weighted by molar-refractivity contribution is 5.88. The largest absolute Gasteiger partial charge is 0.463 e. The van der Waals surface area contributed by atoms with Gasteiger partial charge in [0.1, 0.15) is 0 Å². The molecule has 1 aromatic rings. The van der Waals surface area contributed by atoms with Gasteiger partial charge in [-0.15, -0.1) is 5.10 Å². The summed E-state index contributed by atoms with van der Waals surface area (Å²) in [5, 5.41) is 8.80. The molecule has 0 atom stereocenters. The minimum atomic E-state index is -0.184. The third kappa shape index (κ3) is 3.94. The second kappa shape index (κ2) is 5.97. The summed E-state index contributed by atoms with van der Waals surface area (Å²) < 4.78 is 9.78. The minimum absolute atomic E-state index is 0.184. The van der Waals surface area contributed by atoms with Gasteiger partial charge in [-0.05, 0) is 6.92 Å². The lowest BCUT2D eigenvalue weighted by molar-refractivity contribution is -0.117. The Bertz CT molecular complexity index is 313. The van der Waals surface area contributed by atoms with Crippen molar-refractivity contribution in [3.63, 3.8) is 0 Å². The van der Waals surface area contributed by atoms with Crippen LogP contribution >= 0.6 is 0 Å². The predicted molar refractivity (Wildman–Crippen MR) is 52.7 cm³/mol. The Balaban J connectivity index is 2.39. The fourth-order valence-electron chi connectivity index (χ4n) is 0.885. The lowest BCUT2D eigenvalue weighted by atomic mass is 10.4. The standard InChI is InChI=1S/C8H14N4O3/c1-3-15-8-10-7(11-12-8)9-6(13)4-5-14-2/h3-5H2,1-2H3,(H2,9,10,11,12,13). The monoisotopic (exact) mass is 214 g/mol. The fourth-order valence-corrected chi connectivity index (χ4v) is 0.885. The van der Waals surface area contributed by atoms with Gasteiger partial charge in [0.05, 0.1) is 19.6 Å². The van der Waals surface area contributed by atoms with E-state index in [1.54, 1.807) is 0 Å². The molecule has 0 saturated heterocycles. The number of carbonyl (C=O) groups excluding carboxylic acids is 1. The van der Waals surface area contributed by atoms with Gasteiger partial charge in [0.2, 0.25) is 11.9 Å². The zero-order valence-corrected chi connectivity index (χ0v) is 8.74. The summed E-state index contributed by atoms with van der Waals surface area (Å²) in [7, 11) is 1.54. The number of methoxy groups -OCH3 is 1. The van der Waals surface area contributed by atoms with E-state index in [4.69, 9.17) is 9.47 Å². The van der Waals surface area contributed by atoms with Crippen LogP contribution in [-0.4, -0.2) is 41.4 Å². The zero-order valence-electron chi connectivity index (χ0n) is 8.74. The minimum Gasteiger partial charge on any atom is -0.463 e. The quantitative estimate of drug-likeness (QED) is 0.705. The van der Waals surface area contributed by atoms with Gasteiger partial charge in [-0.3, -0.25) is 10.1 Å². The van der Waals surface area contributed by atoms with Gasteiger partial charge in [-0.1, -0.05) is 0 Å². The van der Waals surface area contributed by atoms with Crippen LogP contribution in [0, 0.1) is 0 Å². The van der Waals surface area contributed by atoms with Crippen molar-refractivity contribution < 1.29 is 14.3 Å². The zero-order chi connectivity index (χ0) is 11.1. The highest BCUT2D eigenvalue weighted by atomic mass is 16.5. The number of hydrogen-bond acceptors (Lipinski definition) is 5. The van der Waals surface area contributed by atoms with Crippen molar-refractivity contribution >= 4 is 11.9 Å². The number of aromatic nitrogens is 3. The van der Waals surface area contributed by atoms with E-state index in [0.29, 0.717) is 13.2 Å². The predicted octanol–water partition coefficient (Wildman–Crippen LogP) is 0.178. The molecule has 2 N–H and O–H groups in total. The van der Waals surface area contributed by atoms with Crippen LogP contribution < -0.4 is 10.1 Å². The molecule has 84 valence electrons. The second-order valence-corrected chi connectivity index (χ2v) is 2.69. The number of anilines is 1. The van der Waals surface area contributed by atoms with Crippen LogP contribution in [0.3, 0.4) is 0 Å². The van der Waals surface area contributed by atoms with E-state index >= 15 is 0 Å². The first-order valence-electron chi connectivity index (χ1n) is 4.60. The Morgan fingerprint density at radius 3 is 3.07 bits per heavy atom. The van der Waals surface area contributed by atoms with Gasteiger partial charge in [0.25, 0.3) is 0 Å². The highest BCUT2D eigenvalue weighted by Gasteiger charge is 2.06. The molecule has 0 fully saturated rings. The van der Waals surface area contributed by atoms with E-state index in [9.17, 15) is 4.79 Å². The second-order valence-electron chi connectivity index (χ2n) is 2.69. The molecule has 0 saturated carbocycles. The molecule has 1 amide bonds. The molecule has 0 radical (unpaired) electrons. The number of H-pyrrole nitrogens is 1. The molecule has 0 bridgehead atoms. The van der Waals surface area contributed by atoms with E-state index in [1.807, 2.05) is 6.92 Å². The molecular formula is C8H14N4O3. The summed E-state index contributed by atoms with van der Waals surface area (Å²) in [6.07, 6.45) is 0.279. The molecule has 0 aliphatic rings. The van der Waals surface area contributed by atoms with Gasteiger partial charge < -0.3 is 9.47 Å². The molecule has 0 unspecified atom stereocenters.